The van der Waals surface area contributed by atoms with E-state index in [-0.39, 0.29) is 11.0 Å². The predicted octanol–water partition coefficient (Wildman–Crippen LogP) is 5.95. The van der Waals surface area contributed by atoms with Gasteiger partial charge in [0.2, 0.25) is 0 Å². The number of halogens is 1. The van der Waals surface area contributed by atoms with Crippen molar-refractivity contribution in [2.24, 2.45) is 0 Å². The normalized spacial score (nSPS) is 14.2. The van der Waals surface area contributed by atoms with Gasteiger partial charge in [-0.3, -0.25) is 14.2 Å². The second kappa shape index (κ2) is 11.6. The highest BCUT2D eigenvalue weighted by Gasteiger charge is 2.24. The van der Waals surface area contributed by atoms with Crippen LogP contribution in [0.1, 0.15) is 18.7 Å². The Morgan fingerprint density at radius 2 is 1.66 bits per heavy atom. The summed E-state index contributed by atoms with van der Waals surface area (Å²) in [7, 11) is 0. The number of hydrogen-bond donors (Lipinski definition) is 2. The maximum atomic E-state index is 14.6. The third-order valence-corrected chi connectivity index (χ3v) is 8.46. The molecule has 1 aliphatic heterocycles. The third kappa shape index (κ3) is 4.90. The van der Waals surface area contributed by atoms with Crippen LogP contribution in [0.15, 0.2) is 101 Å². The number of pyridine rings is 2. The number of nitrogens with one attached hydrogen (secondary N) is 2. The molecule has 0 amide bonds. The third-order valence-electron chi connectivity index (χ3n) is 8.06. The molecular formula is C34H29ClN6O3. The molecule has 6 aromatic rings. The predicted molar refractivity (Wildman–Crippen MR) is 175 cm³/mol. The highest BCUT2D eigenvalue weighted by Crippen LogP contribution is 2.37. The van der Waals surface area contributed by atoms with Crippen molar-refractivity contribution in [3.8, 4) is 16.8 Å². The maximum Gasteiger partial charge on any atom is 0.263 e. The number of aromatic nitrogens is 4. The average Bonchev–Trinajstić information content (AvgIpc) is 3.07. The fourth-order valence-corrected chi connectivity index (χ4v) is 6.35. The molecular weight excluding hydrogens is 576 g/mol. The number of benzene rings is 3. The van der Waals surface area contributed by atoms with Crippen LogP contribution in [0.2, 0.25) is 5.02 Å². The van der Waals surface area contributed by atoms with Crippen molar-refractivity contribution < 1.29 is 4.74 Å². The van der Waals surface area contributed by atoms with Crippen LogP contribution < -0.4 is 21.2 Å². The lowest BCUT2D eigenvalue weighted by molar-refractivity contribution is 0.122. The fraction of sp³-hybridized carbons (Fsp3) is 0.176. The van der Waals surface area contributed by atoms with E-state index in [2.05, 4.69) is 49.4 Å². The summed E-state index contributed by atoms with van der Waals surface area (Å²) in [6, 6.07) is 24.4. The van der Waals surface area contributed by atoms with E-state index in [1.807, 2.05) is 55.5 Å². The van der Waals surface area contributed by atoms with Crippen molar-refractivity contribution in [3.63, 3.8) is 0 Å². The molecule has 3 aromatic carbocycles. The first kappa shape index (κ1) is 27.8. The van der Waals surface area contributed by atoms with Crippen LogP contribution in [-0.2, 0) is 4.74 Å². The summed E-state index contributed by atoms with van der Waals surface area (Å²) in [6.45, 7) is 5.01. The number of anilines is 2. The van der Waals surface area contributed by atoms with Crippen molar-refractivity contribution in [3.05, 3.63) is 123 Å². The SMILES string of the molecule is C[C@H](Nc1ncnc2[nH]ccc(=O)c12)c1c(Cl)c2cccc(-c3ccc(N4CCOCC4)cc3)c2c(=O)n1-c1ccccc1. The Labute approximate surface area is 257 Å². The number of ether oxygens (including phenoxy) is 1. The number of H-pyrrole nitrogens is 1. The number of hydrogen-bond acceptors (Lipinski definition) is 7. The molecule has 0 aliphatic carbocycles. The molecule has 7 rings (SSSR count). The van der Waals surface area contributed by atoms with E-state index in [0.29, 0.717) is 57.2 Å². The monoisotopic (exact) mass is 604 g/mol. The van der Waals surface area contributed by atoms with Crippen molar-refractivity contribution in [1.29, 1.82) is 0 Å². The molecule has 10 heteroatoms. The number of aromatic amines is 1. The Bertz CT molecular complexity index is 2100. The molecule has 3 aromatic heterocycles. The van der Waals surface area contributed by atoms with Crippen LogP contribution in [0, 0.1) is 0 Å². The molecule has 220 valence electrons. The van der Waals surface area contributed by atoms with Crippen LogP contribution in [0.3, 0.4) is 0 Å². The van der Waals surface area contributed by atoms with E-state index in [9.17, 15) is 9.59 Å². The van der Waals surface area contributed by atoms with E-state index in [0.717, 1.165) is 29.9 Å². The van der Waals surface area contributed by atoms with Crippen molar-refractivity contribution >= 4 is 44.9 Å². The molecule has 1 aliphatic rings. The molecule has 0 spiro atoms. The van der Waals surface area contributed by atoms with Crippen LogP contribution in [0.25, 0.3) is 38.6 Å². The zero-order chi connectivity index (χ0) is 30.2. The molecule has 44 heavy (non-hydrogen) atoms. The minimum atomic E-state index is -0.519. The fourth-order valence-electron chi connectivity index (χ4n) is 5.94. The van der Waals surface area contributed by atoms with Gasteiger partial charge in [-0.25, -0.2) is 9.97 Å². The first-order valence-electron chi connectivity index (χ1n) is 14.5. The average molecular weight is 605 g/mol. The molecule has 2 N–H and O–H groups in total. The summed E-state index contributed by atoms with van der Waals surface area (Å²) in [5.74, 6) is 0.349. The van der Waals surface area contributed by atoms with Gasteiger partial charge in [0.05, 0.1) is 35.4 Å². The van der Waals surface area contributed by atoms with Gasteiger partial charge in [0.25, 0.3) is 5.56 Å². The maximum absolute atomic E-state index is 14.6. The lowest BCUT2D eigenvalue weighted by Gasteiger charge is -2.29. The molecule has 0 radical (unpaired) electrons. The summed E-state index contributed by atoms with van der Waals surface area (Å²) < 4.78 is 7.16. The van der Waals surface area contributed by atoms with Gasteiger partial charge in [0.1, 0.15) is 23.2 Å². The number of para-hydroxylation sites is 1. The standard InChI is InChI=1S/C34H29ClN6O3/c1-21(39-33-29-27(42)14-15-36-32(29)37-20-38-33)31-30(35)26-9-5-8-25(28(26)34(43)41(31)24-6-3-2-4-7-24)22-10-12-23(13-11-22)40-16-18-44-19-17-40/h2-15,20-21H,16-19H2,1H3,(H2,36,37,38,39,42)/t21-/m0/s1. The van der Waals surface area contributed by atoms with E-state index in [1.54, 1.807) is 10.8 Å². The Balaban J connectivity index is 1.39. The lowest BCUT2D eigenvalue weighted by Crippen LogP contribution is -2.36. The van der Waals surface area contributed by atoms with E-state index in [1.165, 1.54) is 12.4 Å². The second-order valence-electron chi connectivity index (χ2n) is 10.7. The number of morpholine rings is 1. The molecule has 0 unspecified atom stereocenters. The van der Waals surface area contributed by atoms with Crippen LogP contribution in [0.4, 0.5) is 11.5 Å². The second-order valence-corrected chi connectivity index (χ2v) is 11.1. The zero-order valence-corrected chi connectivity index (χ0v) is 24.7. The number of fused-ring (bicyclic) bond motifs is 2. The van der Waals surface area contributed by atoms with Gasteiger partial charge in [-0.1, -0.05) is 60.1 Å². The molecule has 4 heterocycles. The molecule has 1 saturated heterocycles. The van der Waals surface area contributed by atoms with Crippen LogP contribution in [-0.4, -0.2) is 45.8 Å². The molecule has 9 nitrogen and oxygen atoms in total. The topological polar surface area (TPSA) is 105 Å². The van der Waals surface area contributed by atoms with Crippen molar-refractivity contribution in [2.75, 3.05) is 36.5 Å². The van der Waals surface area contributed by atoms with Crippen molar-refractivity contribution in [2.45, 2.75) is 13.0 Å². The summed E-state index contributed by atoms with van der Waals surface area (Å²) in [6.07, 6.45) is 2.93. The Morgan fingerprint density at radius 3 is 2.43 bits per heavy atom. The Kier molecular flexibility index (Phi) is 7.33. The van der Waals surface area contributed by atoms with Crippen LogP contribution in [0.5, 0.6) is 0 Å². The number of nitrogens with zero attached hydrogens (tertiary/aromatic N) is 4. The summed E-state index contributed by atoms with van der Waals surface area (Å²) >= 11 is 7.25. The van der Waals surface area contributed by atoms with Crippen molar-refractivity contribution in [1.82, 2.24) is 19.5 Å². The minimum absolute atomic E-state index is 0.197. The summed E-state index contributed by atoms with van der Waals surface area (Å²) in [5, 5.41) is 5.28. The molecule has 0 bridgehead atoms. The van der Waals surface area contributed by atoms with Gasteiger partial charge in [0, 0.05) is 42.1 Å². The van der Waals surface area contributed by atoms with Gasteiger partial charge in [-0.2, -0.15) is 0 Å². The van der Waals surface area contributed by atoms with Gasteiger partial charge in [-0.05, 0) is 42.3 Å². The lowest BCUT2D eigenvalue weighted by atomic mass is 9.97. The molecule has 1 fully saturated rings. The van der Waals surface area contributed by atoms with Gasteiger partial charge >= 0.3 is 0 Å². The molecule has 1 atom stereocenters. The van der Waals surface area contributed by atoms with E-state index < -0.39 is 6.04 Å². The smallest absolute Gasteiger partial charge is 0.263 e. The highest BCUT2D eigenvalue weighted by molar-refractivity contribution is 6.36. The first-order chi connectivity index (χ1) is 21.5. The first-order valence-corrected chi connectivity index (χ1v) is 14.8. The number of rotatable bonds is 6. The Hall–Kier alpha value is -4.99. The van der Waals surface area contributed by atoms with Gasteiger partial charge < -0.3 is 19.9 Å². The van der Waals surface area contributed by atoms with E-state index in [4.69, 9.17) is 16.3 Å². The zero-order valence-electron chi connectivity index (χ0n) is 24.0. The molecule has 0 saturated carbocycles. The van der Waals surface area contributed by atoms with Gasteiger partial charge in [0.15, 0.2) is 5.43 Å². The van der Waals surface area contributed by atoms with E-state index >= 15 is 0 Å². The Morgan fingerprint density at radius 1 is 0.886 bits per heavy atom. The largest absolute Gasteiger partial charge is 0.378 e. The highest BCUT2D eigenvalue weighted by atomic mass is 35.5. The minimum Gasteiger partial charge on any atom is -0.378 e. The van der Waals surface area contributed by atoms with Gasteiger partial charge in [-0.15, -0.1) is 0 Å². The van der Waals surface area contributed by atoms with Crippen LogP contribution >= 0.6 is 11.6 Å². The summed E-state index contributed by atoms with van der Waals surface area (Å²) in [4.78, 5) is 41.2. The summed E-state index contributed by atoms with van der Waals surface area (Å²) in [5.41, 5.74) is 4.06. The quantitative estimate of drug-likeness (QED) is 0.242.